The van der Waals surface area contributed by atoms with Gasteiger partial charge >= 0.3 is 0 Å². The summed E-state index contributed by atoms with van der Waals surface area (Å²) in [5, 5.41) is 10.2. The predicted molar refractivity (Wildman–Crippen MR) is 119 cm³/mol. The first-order chi connectivity index (χ1) is 14.3. The molecule has 6 nitrogen and oxygen atoms in total. The Labute approximate surface area is 183 Å². The third kappa shape index (κ3) is 5.65. The van der Waals surface area contributed by atoms with Crippen LogP contribution in [0.2, 0.25) is 5.02 Å². The van der Waals surface area contributed by atoms with Crippen LogP contribution in [0, 0.1) is 5.41 Å². The van der Waals surface area contributed by atoms with E-state index in [0.29, 0.717) is 29.4 Å². The molecule has 1 atom stereocenters. The van der Waals surface area contributed by atoms with Crippen molar-refractivity contribution in [3.63, 3.8) is 0 Å². The van der Waals surface area contributed by atoms with Crippen molar-refractivity contribution in [3.8, 4) is 11.5 Å². The largest absolute Gasteiger partial charge is 0.493 e. The quantitative estimate of drug-likeness (QED) is 0.535. The van der Waals surface area contributed by atoms with Crippen LogP contribution in [0.4, 0.5) is 5.69 Å². The zero-order valence-corrected chi connectivity index (χ0v) is 18.9. The highest BCUT2D eigenvalue weighted by molar-refractivity contribution is 6.30. The molecule has 0 saturated heterocycles. The van der Waals surface area contributed by atoms with E-state index >= 15 is 0 Å². The average Bonchev–Trinajstić information content (AvgIpc) is 2.73. The molecule has 0 spiro atoms. The van der Waals surface area contributed by atoms with Crippen LogP contribution in [0.25, 0.3) is 0 Å². The van der Waals surface area contributed by atoms with E-state index in [1.165, 1.54) is 0 Å². The maximum absolute atomic E-state index is 11.1. The third-order valence-electron chi connectivity index (χ3n) is 4.82. The first kappa shape index (κ1) is 24.0. The maximum atomic E-state index is 11.1. The van der Waals surface area contributed by atoms with Gasteiger partial charge in [-0.25, -0.2) is 0 Å². The Morgan fingerprint density at radius 2 is 1.90 bits per heavy atom. The lowest BCUT2D eigenvalue weighted by Crippen LogP contribution is -2.34. The summed E-state index contributed by atoms with van der Waals surface area (Å²) < 4.78 is 17.0. The Bertz CT molecular complexity index is 855. The molecule has 2 aromatic rings. The van der Waals surface area contributed by atoms with Gasteiger partial charge in [-0.15, -0.1) is 0 Å². The van der Waals surface area contributed by atoms with Gasteiger partial charge in [0.05, 0.1) is 14.2 Å². The number of carbonyl (C=O) groups is 1. The highest BCUT2D eigenvalue weighted by Gasteiger charge is 2.27. The van der Waals surface area contributed by atoms with Crippen LogP contribution < -0.4 is 14.4 Å². The number of anilines is 1. The zero-order chi connectivity index (χ0) is 22.3. The number of benzene rings is 2. The Balaban J connectivity index is 2.63. The van der Waals surface area contributed by atoms with Crippen LogP contribution in [0.5, 0.6) is 11.5 Å². The summed E-state index contributed by atoms with van der Waals surface area (Å²) in [5.41, 5.74) is 2.07. The van der Waals surface area contributed by atoms with E-state index in [9.17, 15) is 9.90 Å². The number of methoxy groups -OCH3 is 2. The van der Waals surface area contributed by atoms with Crippen molar-refractivity contribution < 1.29 is 24.1 Å². The molecular weight excluding hydrogens is 406 g/mol. The molecular formula is C23H30ClNO5. The molecule has 0 amide bonds. The SMILES string of the molecule is COc1cccc(C(OCC=O)c2cc(Cl)ccc2N(C)CC(C)(C)CO)c1OC. The number of aldehydes is 1. The number of halogens is 1. The molecule has 0 radical (unpaired) electrons. The van der Waals surface area contributed by atoms with Gasteiger partial charge in [0.1, 0.15) is 19.0 Å². The second-order valence-electron chi connectivity index (χ2n) is 7.84. The number of aliphatic hydroxyl groups is 1. The normalized spacial score (nSPS) is 12.4. The minimum absolute atomic E-state index is 0.0506. The van der Waals surface area contributed by atoms with Gasteiger partial charge in [0.15, 0.2) is 11.5 Å². The Morgan fingerprint density at radius 1 is 1.17 bits per heavy atom. The molecule has 2 aromatic carbocycles. The predicted octanol–water partition coefficient (Wildman–Crippen LogP) is 4.12. The summed E-state index contributed by atoms with van der Waals surface area (Å²) >= 11 is 6.34. The number of hydrogen-bond acceptors (Lipinski definition) is 6. The van der Waals surface area contributed by atoms with Crippen LogP contribution in [0.1, 0.15) is 31.1 Å². The highest BCUT2D eigenvalue weighted by Crippen LogP contribution is 2.42. The molecule has 0 heterocycles. The lowest BCUT2D eigenvalue weighted by atomic mass is 9.93. The second kappa shape index (κ2) is 10.7. The lowest BCUT2D eigenvalue weighted by Gasteiger charge is -2.33. The summed E-state index contributed by atoms with van der Waals surface area (Å²) in [4.78, 5) is 13.2. The van der Waals surface area contributed by atoms with E-state index in [-0.39, 0.29) is 18.6 Å². The van der Waals surface area contributed by atoms with Crippen molar-refractivity contribution in [2.24, 2.45) is 5.41 Å². The Morgan fingerprint density at radius 3 is 2.50 bits per heavy atom. The van der Waals surface area contributed by atoms with E-state index in [1.54, 1.807) is 20.3 Å². The van der Waals surface area contributed by atoms with Gasteiger partial charge in [-0.2, -0.15) is 0 Å². The minimum atomic E-state index is -0.617. The van der Waals surface area contributed by atoms with Crippen LogP contribution in [0.3, 0.4) is 0 Å². The van der Waals surface area contributed by atoms with Crippen LogP contribution in [0.15, 0.2) is 36.4 Å². The first-order valence-corrected chi connectivity index (χ1v) is 10.0. The van der Waals surface area contributed by atoms with Crippen molar-refractivity contribution in [1.29, 1.82) is 0 Å². The monoisotopic (exact) mass is 435 g/mol. The summed E-state index contributed by atoms with van der Waals surface area (Å²) in [6.07, 6.45) is 0.0938. The highest BCUT2D eigenvalue weighted by atomic mass is 35.5. The summed E-state index contributed by atoms with van der Waals surface area (Å²) in [6, 6.07) is 11.1. The van der Waals surface area contributed by atoms with E-state index < -0.39 is 6.10 Å². The molecule has 1 N–H and O–H groups in total. The molecule has 0 fully saturated rings. The van der Waals surface area contributed by atoms with E-state index in [1.807, 2.05) is 56.1 Å². The molecule has 1 unspecified atom stereocenters. The summed E-state index contributed by atoms with van der Waals surface area (Å²) in [5.74, 6) is 1.09. The zero-order valence-electron chi connectivity index (χ0n) is 18.1. The molecule has 7 heteroatoms. The standard InChI is InChI=1S/C23H30ClNO5/c1-23(2,15-27)14-25(3)19-10-9-16(24)13-18(19)21(30-12-11-26)17-7-6-8-20(28-4)22(17)29-5/h6-11,13,21,27H,12,14-15H2,1-5H3. The fourth-order valence-corrected chi connectivity index (χ4v) is 3.64. The van der Waals surface area contributed by atoms with Crippen LogP contribution in [-0.4, -0.2) is 52.4 Å². The van der Waals surface area contributed by atoms with Crippen molar-refractivity contribution in [2.45, 2.75) is 20.0 Å². The number of nitrogens with zero attached hydrogens (tertiary/aromatic N) is 1. The molecule has 2 rings (SSSR count). The summed E-state index contributed by atoms with van der Waals surface area (Å²) in [7, 11) is 5.08. The topological polar surface area (TPSA) is 68.2 Å². The van der Waals surface area contributed by atoms with Crippen molar-refractivity contribution in [3.05, 3.63) is 52.5 Å². The van der Waals surface area contributed by atoms with Crippen LogP contribution >= 0.6 is 11.6 Å². The van der Waals surface area contributed by atoms with Crippen molar-refractivity contribution in [2.75, 3.05) is 45.9 Å². The van der Waals surface area contributed by atoms with Crippen LogP contribution in [-0.2, 0) is 9.53 Å². The maximum Gasteiger partial charge on any atom is 0.166 e. The average molecular weight is 436 g/mol. The lowest BCUT2D eigenvalue weighted by molar-refractivity contribution is -0.113. The molecule has 0 aliphatic rings. The summed E-state index contributed by atoms with van der Waals surface area (Å²) in [6.45, 7) is 4.54. The molecule has 164 valence electrons. The fraction of sp³-hybridized carbons (Fsp3) is 0.435. The molecule has 30 heavy (non-hydrogen) atoms. The smallest absolute Gasteiger partial charge is 0.166 e. The number of carbonyl (C=O) groups excluding carboxylic acids is 1. The van der Waals surface area contributed by atoms with Crippen molar-refractivity contribution >= 4 is 23.6 Å². The Kier molecular flexibility index (Phi) is 8.53. The molecule has 0 aliphatic heterocycles. The Hall–Kier alpha value is -2.28. The first-order valence-electron chi connectivity index (χ1n) is 9.65. The number of para-hydroxylation sites is 1. The van der Waals surface area contributed by atoms with Gasteiger partial charge in [0.25, 0.3) is 0 Å². The number of rotatable bonds is 11. The third-order valence-corrected chi connectivity index (χ3v) is 5.06. The van der Waals surface area contributed by atoms with E-state index in [4.69, 9.17) is 25.8 Å². The number of hydrogen-bond donors (Lipinski definition) is 1. The van der Waals surface area contributed by atoms with Gasteiger partial charge in [-0.1, -0.05) is 37.6 Å². The minimum Gasteiger partial charge on any atom is -0.493 e. The van der Waals surface area contributed by atoms with Crippen molar-refractivity contribution in [1.82, 2.24) is 0 Å². The van der Waals surface area contributed by atoms with E-state index in [0.717, 1.165) is 16.8 Å². The van der Waals surface area contributed by atoms with Gasteiger partial charge < -0.3 is 29.0 Å². The number of aliphatic hydroxyl groups excluding tert-OH is 1. The molecule has 0 aromatic heterocycles. The second-order valence-corrected chi connectivity index (χ2v) is 8.28. The van der Waals surface area contributed by atoms with Gasteiger partial charge in [-0.05, 0) is 24.3 Å². The van der Waals surface area contributed by atoms with E-state index in [2.05, 4.69) is 0 Å². The molecule has 0 aliphatic carbocycles. The molecule has 0 bridgehead atoms. The van der Waals surface area contributed by atoms with Gasteiger partial charge in [0.2, 0.25) is 0 Å². The number of ether oxygens (including phenoxy) is 3. The fourth-order valence-electron chi connectivity index (χ4n) is 3.46. The van der Waals surface area contributed by atoms with Gasteiger partial charge in [-0.3, -0.25) is 0 Å². The van der Waals surface area contributed by atoms with Gasteiger partial charge in [0, 0.05) is 47.5 Å². The molecule has 0 saturated carbocycles.